The number of hydrogen-bond donors (Lipinski definition) is 7. The molecule has 2 heterocycles. The average molecular weight is 463 g/mol. The van der Waals surface area contributed by atoms with Gasteiger partial charge in [0.2, 0.25) is 17.7 Å². The zero-order valence-electron chi connectivity index (χ0n) is 18.7. The molecule has 8 N–H and O–H groups in total. The number of hydrogen-bond acceptors (Lipinski definition) is 7. The van der Waals surface area contributed by atoms with Gasteiger partial charge >= 0.3 is 5.97 Å². The molecule has 0 saturated heterocycles. The molecule has 13 heteroatoms. The second-order valence-corrected chi connectivity index (χ2v) is 8.02. The molecule has 3 amide bonds. The minimum atomic E-state index is -1.22. The molecule has 0 aliphatic rings. The van der Waals surface area contributed by atoms with Crippen molar-refractivity contribution >= 4 is 23.7 Å². The van der Waals surface area contributed by atoms with Gasteiger partial charge in [-0.3, -0.25) is 19.2 Å². The summed E-state index contributed by atoms with van der Waals surface area (Å²) < 4.78 is 0. The third kappa shape index (κ3) is 7.71. The predicted molar refractivity (Wildman–Crippen MR) is 116 cm³/mol. The fraction of sp³-hybridized carbons (Fsp3) is 0.500. The van der Waals surface area contributed by atoms with E-state index in [1.54, 1.807) is 13.8 Å². The first-order valence-corrected chi connectivity index (χ1v) is 10.4. The number of carboxylic acids is 1. The van der Waals surface area contributed by atoms with Gasteiger partial charge < -0.3 is 36.8 Å². The summed E-state index contributed by atoms with van der Waals surface area (Å²) in [5, 5.41) is 16.7. The van der Waals surface area contributed by atoms with Crippen molar-refractivity contribution in [2.45, 2.75) is 57.8 Å². The molecule has 180 valence electrons. The van der Waals surface area contributed by atoms with Crippen molar-refractivity contribution in [2.75, 3.05) is 0 Å². The van der Waals surface area contributed by atoms with Crippen LogP contribution in [-0.2, 0) is 32.0 Å². The van der Waals surface area contributed by atoms with Gasteiger partial charge in [0, 0.05) is 36.6 Å². The lowest BCUT2D eigenvalue weighted by molar-refractivity contribution is -0.141. The van der Waals surface area contributed by atoms with Gasteiger partial charge in [-0.1, -0.05) is 13.8 Å². The van der Waals surface area contributed by atoms with Crippen LogP contribution in [0.25, 0.3) is 0 Å². The first-order chi connectivity index (χ1) is 15.6. The molecular weight excluding hydrogens is 432 g/mol. The van der Waals surface area contributed by atoms with E-state index < -0.39 is 47.9 Å². The van der Waals surface area contributed by atoms with E-state index >= 15 is 0 Å². The van der Waals surface area contributed by atoms with Gasteiger partial charge in [0.15, 0.2) is 0 Å². The van der Waals surface area contributed by atoms with E-state index in [1.165, 1.54) is 32.0 Å². The number of carbonyl (C=O) groups excluding carboxylic acids is 3. The minimum Gasteiger partial charge on any atom is -0.480 e. The molecule has 0 bridgehead atoms. The van der Waals surface area contributed by atoms with Crippen LogP contribution in [0.1, 0.15) is 32.2 Å². The SMILES string of the molecule is CC(NC(=O)C(Cc1cnc[nH]1)NC(=O)C(Cc1cnc[nH]1)NC(=O)C(N)C(C)C)C(=O)O. The highest BCUT2D eigenvalue weighted by atomic mass is 16.4. The molecule has 4 unspecified atom stereocenters. The Bertz CT molecular complexity index is 928. The average Bonchev–Trinajstić information content (AvgIpc) is 3.46. The van der Waals surface area contributed by atoms with Crippen molar-refractivity contribution in [1.82, 2.24) is 35.9 Å². The number of carboxylic acid groups (broad SMARTS) is 1. The number of imidazole rings is 2. The Hall–Kier alpha value is -3.74. The third-order valence-electron chi connectivity index (χ3n) is 4.97. The maximum Gasteiger partial charge on any atom is 0.325 e. The summed E-state index contributed by atoms with van der Waals surface area (Å²) in [6, 6.07) is -4.18. The summed E-state index contributed by atoms with van der Waals surface area (Å²) in [5.74, 6) is -3.23. The quantitative estimate of drug-likeness (QED) is 0.196. The highest BCUT2D eigenvalue weighted by Gasteiger charge is 2.30. The molecule has 0 spiro atoms. The molecule has 0 aliphatic carbocycles. The van der Waals surface area contributed by atoms with Crippen LogP contribution in [-0.4, -0.2) is 72.9 Å². The molecular formula is C20H30N8O5. The van der Waals surface area contributed by atoms with Gasteiger partial charge in [-0.05, 0) is 12.8 Å². The zero-order valence-corrected chi connectivity index (χ0v) is 18.7. The van der Waals surface area contributed by atoms with Crippen molar-refractivity contribution in [3.05, 3.63) is 36.4 Å². The third-order valence-corrected chi connectivity index (χ3v) is 4.97. The fourth-order valence-corrected chi connectivity index (χ4v) is 2.87. The number of H-pyrrole nitrogens is 2. The fourth-order valence-electron chi connectivity index (χ4n) is 2.87. The number of carbonyl (C=O) groups is 4. The van der Waals surface area contributed by atoms with E-state index in [0.29, 0.717) is 11.4 Å². The maximum absolute atomic E-state index is 13.1. The summed E-state index contributed by atoms with van der Waals surface area (Å²) in [6.45, 7) is 4.87. The van der Waals surface area contributed by atoms with Crippen LogP contribution < -0.4 is 21.7 Å². The summed E-state index contributed by atoms with van der Waals surface area (Å²) in [5.41, 5.74) is 7.05. The van der Waals surface area contributed by atoms with E-state index in [2.05, 4.69) is 35.9 Å². The van der Waals surface area contributed by atoms with Gasteiger partial charge in [-0.25, -0.2) is 9.97 Å². The Balaban J connectivity index is 2.21. The normalized spacial score (nSPS) is 14.7. The molecule has 0 radical (unpaired) electrons. The zero-order chi connectivity index (χ0) is 24.5. The van der Waals surface area contributed by atoms with E-state index in [0.717, 1.165) is 0 Å². The van der Waals surface area contributed by atoms with Gasteiger partial charge in [0.25, 0.3) is 0 Å². The van der Waals surface area contributed by atoms with Crippen LogP contribution in [0.3, 0.4) is 0 Å². The van der Waals surface area contributed by atoms with E-state index in [4.69, 9.17) is 10.8 Å². The highest BCUT2D eigenvalue weighted by Crippen LogP contribution is 2.05. The molecule has 2 aromatic rings. The van der Waals surface area contributed by atoms with Crippen molar-refractivity contribution in [3.8, 4) is 0 Å². The van der Waals surface area contributed by atoms with E-state index in [-0.39, 0.29) is 18.8 Å². The van der Waals surface area contributed by atoms with Crippen molar-refractivity contribution in [2.24, 2.45) is 11.7 Å². The van der Waals surface area contributed by atoms with E-state index in [9.17, 15) is 19.2 Å². The van der Waals surface area contributed by atoms with Crippen LogP contribution in [0.5, 0.6) is 0 Å². The van der Waals surface area contributed by atoms with Crippen LogP contribution in [0.4, 0.5) is 0 Å². The minimum absolute atomic E-state index is 0.0279. The summed E-state index contributed by atoms with van der Waals surface area (Å²) in [4.78, 5) is 63.0. The number of nitrogens with two attached hydrogens (primary N) is 1. The molecule has 2 rings (SSSR count). The standard InChI is InChI=1S/C20H30N8O5/c1-10(2)16(21)19(31)28-15(5-13-7-23-9-25-13)18(30)27-14(4-12-6-22-8-24-12)17(29)26-11(3)20(32)33/h6-11,14-16H,4-5,21H2,1-3H3,(H,22,24)(H,23,25)(H,26,29)(H,27,30)(H,28,31)(H,32,33). The van der Waals surface area contributed by atoms with E-state index in [1.807, 2.05) is 0 Å². The first-order valence-electron chi connectivity index (χ1n) is 10.4. The number of nitrogens with zero attached hydrogens (tertiary/aromatic N) is 2. The molecule has 2 aromatic heterocycles. The van der Waals surface area contributed by atoms with Crippen LogP contribution in [0.2, 0.25) is 0 Å². The van der Waals surface area contributed by atoms with Crippen LogP contribution in [0.15, 0.2) is 25.0 Å². The lowest BCUT2D eigenvalue weighted by Crippen LogP contribution is -2.58. The number of aromatic nitrogens is 4. The topological polar surface area (TPSA) is 208 Å². The summed E-state index contributed by atoms with van der Waals surface area (Å²) in [7, 11) is 0. The lowest BCUT2D eigenvalue weighted by Gasteiger charge is -2.25. The number of aliphatic carboxylic acids is 1. The van der Waals surface area contributed by atoms with Crippen molar-refractivity contribution in [3.63, 3.8) is 0 Å². The molecule has 4 atom stereocenters. The van der Waals surface area contributed by atoms with Crippen molar-refractivity contribution in [1.29, 1.82) is 0 Å². The molecule has 0 saturated carbocycles. The Morgan fingerprint density at radius 1 is 0.879 bits per heavy atom. The summed E-state index contributed by atoms with van der Waals surface area (Å²) in [6.07, 6.45) is 5.96. The number of amides is 3. The van der Waals surface area contributed by atoms with Crippen LogP contribution in [0, 0.1) is 5.92 Å². The van der Waals surface area contributed by atoms with Gasteiger partial charge in [-0.15, -0.1) is 0 Å². The molecule has 33 heavy (non-hydrogen) atoms. The smallest absolute Gasteiger partial charge is 0.325 e. The Morgan fingerprint density at radius 2 is 1.33 bits per heavy atom. The Kier molecular flexibility index (Phi) is 9.09. The number of aromatic amines is 2. The van der Waals surface area contributed by atoms with Gasteiger partial charge in [-0.2, -0.15) is 0 Å². The predicted octanol–water partition coefficient (Wildman–Crippen LogP) is -1.54. The maximum atomic E-state index is 13.1. The second kappa shape index (κ2) is 11.8. The van der Waals surface area contributed by atoms with Gasteiger partial charge in [0.05, 0.1) is 18.7 Å². The largest absolute Gasteiger partial charge is 0.480 e. The molecule has 0 aliphatic heterocycles. The lowest BCUT2D eigenvalue weighted by atomic mass is 10.0. The first kappa shape index (κ1) is 25.5. The molecule has 0 aromatic carbocycles. The molecule has 0 fully saturated rings. The second-order valence-electron chi connectivity index (χ2n) is 8.02. The number of nitrogens with one attached hydrogen (secondary N) is 5. The number of rotatable bonds is 12. The van der Waals surface area contributed by atoms with Crippen molar-refractivity contribution < 1.29 is 24.3 Å². The Morgan fingerprint density at radius 3 is 1.73 bits per heavy atom. The van der Waals surface area contributed by atoms with Gasteiger partial charge in [0.1, 0.15) is 18.1 Å². The Labute approximate surface area is 190 Å². The van der Waals surface area contributed by atoms with Crippen LogP contribution >= 0.6 is 0 Å². The molecule has 13 nitrogen and oxygen atoms in total. The highest BCUT2D eigenvalue weighted by molar-refractivity contribution is 5.94. The summed E-state index contributed by atoms with van der Waals surface area (Å²) >= 11 is 0. The monoisotopic (exact) mass is 462 g/mol.